The summed E-state index contributed by atoms with van der Waals surface area (Å²) in [6, 6.07) is 11.1. The van der Waals surface area contributed by atoms with Crippen LogP contribution in [0, 0.1) is 0 Å². The van der Waals surface area contributed by atoms with Gasteiger partial charge in [0.05, 0.1) is 13.2 Å². The van der Waals surface area contributed by atoms with E-state index >= 15 is 0 Å². The summed E-state index contributed by atoms with van der Waals surface area (Å²) < 4.78 is 10.7. The lowest BCUT2D eigenvalue weighted by Crippen LogP contribution is -2.36. The van der Waals surface area contributed by atoms with Gasteiger partial charge in [-0.1, -0.05) is 11.6 Å². The van der Waals surface area contributed by atoms with E-state index in [0.29, 0.717) is 5.75 Å². The molecule has 0 spiro atoms. The van der Waals surface area contributed by atoms with E-state index in [9.17, 15) is 4.79 Å². The summed E-state index contributed by atoms with van der Waals surface area (Å²) in [4.78, 5) is 18.1. The molecule has 0 bridgehead atoms. The summed E-state index contributed by atoms with van der Waals surface area (Å²) in [5.41, 5.74) is 1.84. The van der Waals surface area contributed by atoms with Crippen molar-refractivity contribution in [3.63, 3.8) is 0 Å². The van der Waals surface area contributed by atoms with Gasteiger partial charge in [-0.25, -0.2) is 4.98 Å². The Morgan fingerprint density at radius 3 is 2.71 bits per heavy atom. The third-order valence-corrected chi connectivity index (χ3v) is 3.89. The number of carbonyl (C=O) groups is 1. The van der Waals surface area contributed by atoms with Gasteiger partial charge in [0.1, 0.15) is 0 Å². The van der Waals surface area contributed by atoms with Crippen molar-refractivity contribution in [2.45, 2.75) is 0 Å². The number of aromatic nitrogens is 1. The van der Waals surface area contributed by atoms with Crippen molar-refractivity contribution in [1.82, 2.24) is 4.98 Å². The number of hydrogen-bond donors (Lipinski definition) is 1. The number of benzene rings is 1. The van der Waals surface area contributed by atoms with Gasteiger partial charge in [0.2, 0.25) is 0 Å². The fourth-order valence-corrected chi connectivity index (χ4v) is 2.57. The normalized spacial score (nSPS) is 14.3. The highest BCUT2D eigenvalue weighted by molar-refractivity contribution is 6.30. The Balaban J connectivity index is 1.52. The van der Waals surface area contributed by atoms with E-state index in [1.165, 1.54) is 0 Å². The van der Waals surface area contributed by atoms with Crippen LogP contribution in [0.15, 0.2) is 42.6 Å². The van der Waals surface area contributed by atoms with Gasteiger partial charge in [0, 0.05) is 30.7 Å². The second-order valence-corrected chi connectivity index (χ2v) is 5.63. The molecular weight excluding hydrogens is 330 g/mol. The van der Waals surface area contributed by atoms with Crippen LogP contribution in [-0.2, 0) is 9.53 Å². The van der Waals surface area contributed by atoms with Crippen LogP contribution in [0.3, 0.4) is 0 Å². The molecule has 1 aromatic carbocycles. The van der Waals surface area contributed by atoms with E-state index in [2.05, 4.69) is 15.2 Å². The minimum atomic E-state index is -0.256. The zero-order valence-electron chi connectivity index (χ0n) is 13.1. The Labute approximate surface area is 145 Å². The van der Waals surface area contributed by atoms with E-state index in [4.69, 9.17) is 21.1 Å². The predicted molar refractivity (Wildman–Crippen MR) is 92.8 cm³/mol. The first-order chi connectivity index (χ1) is 11.7. The number of morpholine rings is 1. The molecule has 1 aromatic heterocycles. The molecule has 3 rings (SSSR count). The second-order valence-electron chi connectivity index (χ2n) is 5.28. The monoisotopic (exact) mass is 347 g/mol. The number of halogens is 1. The Morgan fingerprint density at radius 2 is 2.00 bits per heavy atom. The van der Waals surface area contributed by atoms with Crippen LogP contribution in [0.2, 0.25) is 5.15 Å². The molecule has 1 aliphatic rings. The average molecular weight is 348 g/mol. The van der Waals surface area contributed by atoms with Gasteiger partial charge >= 0.3 is 0 Å². The largest absolute Gasteiger partial charge is 0.481 e. The molecule has 7 heteroatoms. The molecule has 2 aromatic rings. The van der Waals surface area contributed by atoms with Crippen molar-refractivity contribution in [1.29, 1.82) is 0 Å². The first kappa shape index (κ1) is 16.5. The van der Waals surface area contributed by atoms with Gasteiger partial charge in [-0.3, -0.25) is 4.79 Å². The quantitative estimate of drug-likeness (QED) is 0.842. The molecule has 1 aliphatic heterocycles. The molecule has 0 aliphatic carbocycles. The first-order valence-electron chi connectivity index (χ1n) is 7.68. The topological polar surface area (TPSA) is 63.7 Å². The lowest BCUT2D eigenvalue weighted by atomic mass is 10.2. The number of carbonyl (C=O) groups excluding carboxylic acids is 1. The van der Waals surface area contributed by atoms with Gasteiger partial charge in [-0.15, -0.1) is 0 Å². The first-order valence-corrected chi connectivity index (χ1v) is 8.06. The highest BCUT2D eigenvalue weighted by Gasteiger charge is 2.11. The van der Waals surface area contributed by atoms with Crippen LogP contribution in [0.1, 0.15) is 0 Å². The Bertz CT molecular complexity index is 688. The standard InChI is InChI=1S/C17H18ClN3O3/c18-17-15(2-1-7-19-17)24-12-16(22)20-13-3-5-14(6-4-13)21-8-10-23-11-9-21/h1-7H,8-12H2,(H,20,22). The third-order valence-electron chi connectivity index (χ3n) is 3.61. The van der Waals surface area contributed by atoms with Crippen LogP contribution in [0.4, 0.5) is 11.4 Å². The molecule has 1 saturated heterocycles. The summed E-state index contributed by atoms with van der Waals surface area (Å²) in [5, 5.41) is 3.03. The van der Waals surface area contributed by atoms with Crippen molar-refractivity contribution < 1.29 is 14.3 Å². The SMILES string of the molecule is O=C(COc1cccnc1Cl)Nc1ccc(N2CCOCC2)cc1. The number of ether oxygens (including phenoxy) is 2. The molecule has 1 amide bonds. The van der Waals surface area contributed by atoms with Crippen molar-refractivity contribution in [3.8, 4) is 5.75 Å². The Morgan fingerprint density at radius 1 is 1.25 bits per heavy atom. The molecule has 0 unspecified atom stereocenters. The predicted octanol–water partition coefficient (Wildman–Crippen LogP) is 2.59. The Hall–Kier alpha value is -2.31. The maximum atomic E-state index is 12.0. The summed E-state index contributed by atoms with van der Waals surface area (Å²) >= 11 is 5.88. The lowest BCUT2D eigenvalue weighted by molar-refractivity contribution is -0.118. The highest BCUT2D eigenvalue weighted by atomic mass is 35.5. The van der Waals surface area contributed by atoms with Gasteiger partial charge in [0.25, 0.3) is 5.91 Å². The highest BCUT2D eigenvalue weighted by Crippen LogP contribution is 2.21. The number of pyridine rings is 1. The number of amides is 1. The molecule has 1 fully saturated rings. The van der Waals surface area contributed by atoms with Crippen molar-refractivity contribution in [2.24, 2.45) is 0 Å². The molecule has 2 heterocycles. The van der Waals surface area contributed by atoms with Gasteiger partial charge in [-0.05, 0) is 36.4 Å². The van der Waals surface area contributed by atoms with E-state index in [-0.39, 0.29) is 17.7 Å². The summed E-state index contributed by atoms with van der Waals surface area (Å²) in [5.74, 6) is 0.131. The van der Waals surface area contributed by atoms with Crippen molar-refractivity contribution in [3.05, 3.63) is 47.7 Å². The van der Waals surface area contributed by atoms with Crippen molar-refractivity contribution in [2.75, 3.05) is 43.1 Å². The average Bonchev–Trinajstić information content (AvgIpc) is 2.62. The number of nitrogens with zero attached hydrogens (tertiary/aromatic N) is 2. The smallest absolute Gasteiger partial charge is 0.262 e. The molecular formula is C17H18ClN3O3. The minimum Gasteiger partial charge on any atom is -0.481 e. The van der Waals surface area contributed by atoms with E-state index in [1.807, 2.05) is 24.3 Å². The number of anilines is 2. The molecule has 0 atom stereocenters. The second kappa shape index (κ2) is 7.99. The number of hydrogen-bond acceptors (Lipinski definition) is 5. The maximum absolute atomic E-state index is 12.0. The van der Waals surface area contributed by atoms with Gasteiger partial charge in [0.15, 0.2) is 17.5 Å². The van der Waals surface area contributed by atoms with E-state index in [1.54, 1.807) is 18.3 Å². The molecule has 126 valence electrons. The van der Waals surface area contributed by atoms with Crippen LogP contribution in [0.5, 0.6) is 5.75 Å². The maximum Gasteiger partial charge on any atom is 0.262 e. The number of rotatable bonds is 5. The van der Waals surface area contributed by atoms with Gasteiger partial charge in [-0.2, -0.15) is 0 Å². The van der Waals surface area contributed by atoms with Crippen LogP contribution in [-0.4, -0.2) is 43.8 Å². The fraction of sp³-hybridized carbons (Fsp3) is 0.294. The molecule has 0 saturated carbocycles. The van der Waals surface area contributed by atoms with Crippen LogP contribution >= 0.6 is 11.6 Å². The third kappa shape index (κ3) is 4.37. The molecule has 6 nitrogen and oxygen atoms in total. The minimum absolute atomic E-state index is 0.128. The zero-order valence-corrected chi connectivity index (χ0v) is 13.8. The fourth-order valence-electron chi connectivity index (χ4n) is 2.40. The van der Waals surface area contributed by atoms with E-state index in [0.717, 1.165) is 37.7 Å². The van der Waals surface area contributed by atoms with Gasteiger partial charge < -0.3 is 19.7 Å². The van der Waals surface area contributed by atoms with Crippen molar-refractivity contribution >= 4 is 28.9 Å². The van der Waals surface area contributed by atoms with Crippen LogP contribution in [0.25, 0.3) is 0 Å². The molecule has 0 radical (unpaired) electrons. The molecule has 24 heavy (non-hydrogen) atoms. The molecule has 1 N–H and O–H groups in total. The number of nitrogens with one attached hydrogen (secondary N) is 1. The lowest BCUT2D eigenvalue weighted by Gasteiger charge is -2.28. The Kier molecular flexibility index (Phi) is 5.51. The van der Waals surface area contributed by atoms with E-state index < -0.39 is 0 Å². The summed E-state index contributed by atoms with van der Waals surface area (Å²) in [7, 11) is 0. The summed E-state index contributed by atoms with van der Waals surface area (Å²) in [6.45, 7) is 3.12. The summed E-state index contributed by atoms with van der Waals surface area (Å²) in [6.07, 6.45) is 1.56. The van der Waals surface area contributed by atoms with Crippen LogP contribution < -0.4 is 15.0 Å². The zero-order chi connectivity index (χ0) is 16.8.